The fourth-order valence-corrected chi connectivity index (χ4v) is 2.84. The zero-order chi connectivity index (χ0) is 15.9. The van der Waals surface area contributed by atoms with Crippen LogP contribution in [0.1, 0.15) is 44.0 Å². The van der Waals surface area contributed by atoms with Crippen LogP contribution in [-0.2, 0) is 10.0 Å². The summed E-state index contributed by atoms with van der Waals surface area (Å²) in [6.45, 7) is 6.95. The highest BCUT2D eigenvalue weighted by molar-refractivity contribution is 7.89. The highest BCUT2D eigenvalue weighted by Gasteiger charge is 2.14. The molecule has 0 aromatic heterocycles. The van der Waals surface area contributed by atoms with Crippen molar-refractivity contribution in [3.05, 3.63) is 29.8 Å². The highest BCUT2D eigenvalue weighted by Crippen LogP contribution is 2.11. The van der Waals surface area contributed by atoms with E-state index < -0.39 is 10.0 Å². The quantitative estimate of drug-likeness (QED) is 0.722. The van der Waals surface area contributed by atoms with Crippen LogP contribution in [0.4, 0.5) is 0 Å². The van der Waals surface area contributed by atoms with Crippen molar-refractivity contribution >= 4 is 15.9 Å². The Labute approximate surface area is 127 Å². The molecule has 6 heteroatoms. The second kappa shape index (κ2) is 8.14. The standard InChI is InChI=1S/C15H24N2O3S/c1-4-5-10-16-15(18)13-6-8-14(9-7-13)21(19,20)17-11-12(2)3/h6-9,12,17H,4-5,10-11H2,1-3H3,(H,16,18). The van der Waals surface area contributed by atoms with Crippen LogP contribution in [0, 0.1) is 5.92 Å². The number of carbonyl (C=O) groups is 1. The van der Waals surface area contributed by atoms with Crippen LogP contribution >= 0.6 is 0 Å². The topological polar surface area (TPSA) is 75.3 Å². The lowest BCUT2D eigenvalue weighted by molar-refractivity contribution is 0.0953. The smallest absolute Gasteiger partial charge is 0.251 e. The van der Waals surface area contributed by atoms with E-state index in [9.17, 15) is 13.2 Å². The number of carbonyl (C=O) groups excluding carboxylic acids is 1. The van der Waals surface area contributed by atoms with E-state index in [-0.39, 0.29) is 16.7 Å². The van der Waals surface area contributed by atoms with Gasteiger partial charge < -0.3 is 5.32 Å². The molecule has 1 rings (SSSR count). The van der Waals surface area contributed by atoms with Gasteiger partial charge in [-0.3, -0.25) is 4.79 Å². The first-order valence-electron chi connectivity index (χ1n) is 7.24. The molecule has 0 heterocycles. The summed E-state index contributed by atoms with van der Waals surface area (Å²) < 4.78 is 26.6. The van der Waals surface area contributed by atoms with Crippen molar-refractivity contribution in [2.24, 2.45) is 5.92 Å². The molecule has 1 amide bonds. The van der Waals surface area contributed by atoms with Crippen molar-refractivity contribution in [3.63, 3.8) is 0 Å². The monoisotopic (exact) mass is 312 g/mol. The lowest BCUT2D eigenvalue weighted by Gasteiger charge is -2.09. The molecule has 0 fully saturated rings. The molecule has 0 aliphatic rings. The first-order chi connectivity index (χ1) is 9.86. The van der Waals surface area contributed by atoms with Crippen LogP contribution < -0.4 is 10.0 Å². The van der Waals surface area contributed by atoms with E-state index in [0.29, 0.717) is 18.7 Å². The van der Waals surface area contributed by atoms with E-state index >= 15 is 0 Å². The summed E-state index contributed by atoms with van der Waals surface area (Å²) in [7, 11) is -3.50. The number of sulfonamides is 1. The lowest BCUT2D eigenvalue weighted by atomic mass is 10.2. The summed E-state index contributed by atoms with van der Waals surface area (Å²) in [5.74, 6) is 0.0610. The van der Waals surface area contributed by atoms with E-state index in [0.717, 1.165) is 12.8 Å². The molecule has 21 heavy (non-hydrogen) atoms. The van der Waals surface area contributed by atoms with Crippen molar-refractivity contribution in [2.75, 3.05) is 13.1 Å². The number of hydrogen-bond donors (Lipinski definition) is 2. The third-order valence-electron chi connectivity index (χ3n) is 2.92. The Kier molecular flexibility index (Phi) is 6.84. The molecule has 0 unspecified atom stereocenters. The Hall–Kier alpha value is -1.40. The Bertz CT molecular complexity index is 551. The minimum absolute atomic E-state index is 0.174. The van der Waals surface area contributed by atoms with Crippen molar-refractivity contribution in [1.82, 2.24) is 10.0 Å². The first-order valence-corrected chi connectivity index (χ1v) is 8.73. The van der Waals surface area contributed by atoms with Crippen LogP contribution in [0.3, 0.4) is 0 Å². The number of unbranched alkanes of at least 4 members (excludes halogenated alkanes) is 1. The molecule has 0 spiro atoms. The van der Waals surface area contributed by atoms with Crippen molar-refractivity contribution in [2.45, 2.75) is 38.5 Å². The van der Waals surface area contributed by atoms with Gasteiger partial charge in [-0.15, -0.1) is 0 Å². The molecule has 1 aromatic carbocycles. The molecule has 0 radical (unpaired) electrons. The fourth-order valence-electron chi connectivity index (χ4n) is 1.63. The molecule has 2 N–H and O–H groups in total. The van der Waals surface area contributed by atoms with E-state index in [4.69, 9.17) is 0 Å². The van der Waals surface area contributed by atoms with Gasteiger partial charge in [0.15, 0.2) is 0 Å². The molecule has 1 aromatic rings. The Morgan fingerprint density at radius 3 is 2.33 bits per heavy atom. The number of hydrogen-bond acceptors (Lipinski definition) is 3. The summed E-state index contributed by atoms with van der Waals surface area (Å²) in [5.41, 5.74) is 0.467. The zero-order valence-electron chi connectivity index (χ0n) is 12.8. The van der Waals surface area contributed by atoms with Gasteiger partial charge in [0.2, 0.25) is 10.0 Å². The van der Waals surface area contributed by atoms with Crippen LogP contribution in [-0.4, -0.2) is 27.4 Å². The summed E-state index contributed by atoms with van der Waals surface area (Å²) in [5, 5.41) is 2.79. The maximum absolute atomic E-state index is 12.0. The first kappa shape index (κ1) is 17.7. The third-order valence-corrected chi connectivity index (χ3v) is 4.36. The van der Waals surface area contributed by atoms with E-state index in [2.05, 4.69) is 17.0 Å². The Balaban J connectivity index is 2.71. The van der Waals surface area contributed by atoms with Gasteiger partial charge in [0.1, 0.15) is 0 Å². The largest absolute Gasteiger partial charge is 0.352 e. The van der Waals surface area contributed by atoms with Crippen LogP contribution in [0.15, 0.2) is 29.2 Å². The molecule has 0 atom stereocenters. The summed E-state index contributed by atoms with van der Waals surface area (Å²) in [6.07, 6.45) is 1.94. The van der Waals surface area contributed by atoms with Gasteiger partial charge in [0.25, 0.3) is 5.91 Å². The van der Waals surface area contributed by atoms with Crippen LogP contribution in [0.5, 0.6) is 0 Å². The summed E-state index contributed by atoms with van der Waals surface area (Å²) in [4.78, 5) is 12.0. The van der Waals surface area contributed by atoms with Gasteiger partial charge in [0.05, 0.1) is 4.90 Å². The average Bonchev–Trinajstić information content (AvgIpc) is 2.45. The van der Waals surface area contributed by atoms with Gasteiger partial charge in [0, 0.05) is 18.7 Å². The van der Waals surface area contributed by atoms with E-state index in [1.54, 1.807) is 0 Å². The molecule has 118 valence electrons. The van der Waals surface area contributed by atoms with Gasteiger partial charge in [-0.1, -0.05) is 27.2 Å². The summed E-state index contributed by atoms with van der Waals surface area (Å²) >= 11 is 0. The summed E-state index contributed by atoms with van der Waals surface area (Å²) in [6, 6.07) is 5.98. The predicted octanol–water partition coefficient (Wildman–Crippen LogP) is 2.15. The second-order valence-corrected chi connectivity index (χ2v) is 7.15. The molecular formula is C15H24N2O3S. The predicted molar refractivity (Wildman–Crippen MR) is 83.7 cm³/mol. The normalized spacial score (nSPS) is 11.6. The maximum Gasteiger partial charge on any atom is 0.251 e. The van der Waals surface area contributed by atoms with Gasteiger partial charge in [-0.2, -0.15) is 0 Å². The Morgan fingerprint density at radius 2 is 1.81 bits per heavy atom. The van der Waals surface area contributed by atoms with Crippen molar-refractivity contribution < 1.29 is 13.2 Å². The van der Waals surface area contributed by atoms with Crippen LogP contribution in [0.25, 0.3) is 0 Å². The third kappa shape index (κ3) is 5.85. The minimum atomic E-state index is -3.50. The molecule has 0 aliphatic heterocycles. The molecule has 0 bridgehead atoms. The number of nitrogens with one attached hydrogen (secondary N) is 2. The minimum Gasteiger partial charge on any atom is -0.352 e. The maximum atomic E-state index is 12.0. The van der Waals surface area contributed by atoms with Crippen molar-refractivity contribution in [3.8, 4) is 0 Å². The lowest BCUT2D eigenvalue weighted by Crippen LogP contribution is -2.28. The Morgan fingerprint density at radius 1 is 1.19 bits per heavy atom. The molecular weight excluding hydrogens is 288 g/mol. The molecule has 0 saturated carbocycles. The van der Waals surface area contributed by atoms with Gasteiger partial charge in [-0.05, 0) is 36.6 Å². The number of benzene rings is 1. The molecule has 0 saturated heterocycles. The van der Waals surface area contributed by atoms with Crippen LogP contribution in [0.2, 0.25) is 0 Å². The van der Waals surface area contributed by atoms with Gasteiger partial charge >= 0.3 is 0 Å². The number of amides is 1. The highest BCUT2D eigenvalue weighted by atomic mass is 32.2. The van der Waals surface area contributed by atoms with E-state index in [1.807, 2.05) is 13.8 Å². The molecule has 0 aliphatic carbocycles. The number of rotatable bonds is 8. The molecule has 5 nitrogen and oxygen atoms in total. The van der Waals surface area contributed by atoms with E-state index in [1.165, 1.54) is 24.3 Å². The average molecular weight is 312 g/mol. The van der Waals surface area contributed by atoms with Gasteiger partial charge in [-0.25, -0.2) is 13.1 Å². The zero-order valence-corrected chi connectivity index (χ0v) is 13.7. The second-order valence-electron chi connectivity index (χ2n) is 5.38. The fraction of sp³-hybridized carbons (Fsp3) is 0.533. The SMILES string of the molecule is CCCCNC(=O)c1ccc(S(=O)(=O)NCC(C)C)cc1. The van der Waals surface area contributed by atoms with Crippen molar-refractivity contribution in [1.29, 1.82) is 0 Å².